The lowest BCUT2D eigenvalue weighted by molar-refractivity contribution is 0.768. The van der Waals surface area contributed by atoms with E-state index in [-0.39, 0.29) is 5.84 Å². The fraction of sp³-hybridized carbons (Fsp3) is 0.500. The summed E-state index contributed by atoms with van der Waals surface area (Å²) in [5, 5.41) is 15.2. The highest BCUT2D eigenvalue weighted by atomic mass is 15.3. The first-order chi connectivity index (χ1) is 7.27. The van der Waals surface area contributed by atoms with Crippen molar-refractivity contribution in [1.29, 1.82) is 5.41 Å². The zero-order chi connectivity index (χ0) is 10.7. The van der Waals surface area contributed by atoms with Crippen LogP contribution in [0.1, 0.15) is 19.3 Å². The predicted molar refractivity (Wildman–Crippen MR) is 58.9 cm³/mol. The minimum atomic E-state index is 0.226. The number of hydrogen-bond acceptors (Lipinski definition) is 4. The summed E-state index contributed by atoms with van der Waals surface area (Å²) in [7, 11) is 0. The van der Waals surface area contributed by atoms with Gasteiger partial charge in [0.05, 0.1) is 5.84 Å². The van der Waals surface area contributed by atoms with Gasteiger partial charge < -0.3 is 10.6 Å². The van der Waals surface area contributed by atoms with Crippen molar-refractivity contribution in [2.75, 3.05) is 11.4 Å². The van der Waals surface area contributed by atoms with E-state index in [1.54, 1.807) is 6.20 Å². The third-order valence-electron chi connectivity index (χ3n) is 2.46. The molecule has 1 aliphatic carbocycles. The Morgan fingerprint density at radius 2 is 2.40 bits per heavy atom. The molecule has 0 unspecified atom stereocenters. The fourth-order valence-electron chi connectivity index (χ4n) is 1.56. The highest BCUT2D eigenvalue weighted by Crippen LogP contribution is 2.30. The van der Waals surface area contributed by atoms with Crippen molar-refractivity contribution in [2.24, 2.45) is 5.73 Å². The molecule has 1 aromatic rings. The van der Waals surface area contributed by atoms with Crippen molar-refractivity contribution < 1.29 is 0 Å². The molecule has 3 N–H and O–H groups in total. The SMILES string of the molecule is N=C(N)CCN(c1cccnn1)C1CC1. The van der Waals surface area contributed by atoms with Crippen LogP contribution in [0.2, 0.25) is 0 Å². The van der Waals surface area contributed by atoms with Crippen LogP contribution in [0.3, 0.4) is 0 Å². The summed E-state index contributed by atoms with van der Waals surface area (Å²) >= 11 is 0. The van der Waals surface area contributed by atoms with Crippen molar-refractivity contribution in [3.8, 4) is 0 Å². The lowest BCUT2D eigenvalue weighted by Crippen LogP contribution is -2.30. The molecule has 0 saturated heterocycles. The molecule has 0 spiro atoms. The second-order valence-corrected chi connectivity index (χ2v) is 3.78. The molecule has 1 aliphatic rings. The van der Waals surface area contributed by atoms with Gasteiger partial charge in [0.2, 0.25) is 0 Å². The molecule has 0 aromatic carbocycles. The molecule has 5 nitrogen and oxygen atoms in total. The molecule has 1 aromatic heterocycles. The van der Waals surface area contributed by atoms with Gasteiger partial charge in [0.25, 0.3) is 0 Å². The normalized spacial score (nSPS) is 14.9. The third-order valence-corrected chi connectivity index (χ3v) is 2.46. The van der Waals surface area contributed by atoms with Crippen LogP contribution in [0.25, 0.3) is 0 Å². The molecule has 0 aliphatic heterocycles. The Morgan fingerprint density at radius 3 is 2.93 bits per heavy atom. The Morgan fingerprint density at radius 1 is 1.60 bits per heavy atom. The number of anilines is 1. The van der Waals surface area contributed by atoms with Gasteiger partial charge in [-0.05, 0) is 25.0 Å². The zero-order valence-corrected chi connectivity index (χ0v) is 8.56. The van der Waals surface area contributed by atoms with E-state index in [0.29, 0.717) is 12.5 Å². The second kappa shape index (κ2) is 4.25. The highest BCUT2D eigenvalue weighted by molar-refractivity contribution is 5.77. The molecular weight excluding hydrogens is 190 g/mol. The van der Waals surface area contributed by atoms with Crippen molar-refractivity contribution in [3.05, 3.63) is 18.3 Å². The Labute approximate surface area is 88.8 Å². The summed E-state index contributed by atoms with van der Waals surface area (Å²) in [4.78, 5) is 2.19. The van der Waals surface area contributed by atoms with Crippen LogP contribution in [0.5, 0.6) is 0 Å². The average molecular weight is 205 g/mol. The van der Waals surface area contributed by atoms with Crippen molar-refractivity contribution >= 4 is 11.7 Å². The maximum absolute atomic E-state index is 7.23. The summed E-state index contributed by atoms with van der Waals surface area (Å²) in [5.41, 5.74) is 5.36. The van der Waals surface area contributed by atoms with E-state index in [9.17, 15) is 0 Å². The van der Waals surface area contributed by atoms with Crippen LogP contribution >= 0.6 is 0 Å². The van der Waals surface area contributed by atoms with Gasteiger partial charge in [-0.2, -0.15) is 5.10 Å². The Kier molecular flexibility index (Phi) is 2.80. The molecule has 0 radical (unpaired) electrons. The highest BCUT2D eigenvalue weighted by Gasteiger charge is 2.29. The van der Waals surface area contributed by atoms with E-state index in [0.717, 1.165) is 12.4 Å². The molecule has 15 heavy (non-hydrogen) atoms. The lowest BCUT2D eigenvalue weighted by atomic mass is 10.3. The van der Waals surface area contributed by atoms with E-state index < -0.39 is 0 Å². The molecular formula is C10H15N5. The van der Waals surface area contributed by atoms with Crippen LogP contribution in [0.4, 0.5) is 5.82 Å². The van der Waals surface area contributed by atoms with E-state index in [1.165, 1.54) is 12.8 Å². The smallest absolute Gasteiger partial charge is 0.151 e. The second-order valence-electron chi connectivity index (χ2n) is 3.78. The van der Waals surface area contributed by atoms with Gasteiger partial charge in [0.15, 0.2) is 5.82 Å². The van der Waals surface area contributed by atoms with E-state index in [2.05, 4.69) is 15.1 Å². The molecule has 5 heteroatoms. The molecule has 0 bridgehead atoms. The van der Waals surface area contributed by atoms with Crippen LogP contribution in [0.15, 0.2) is 18.3 Å². The maximum atomic E-state index is 7.23. The first-order valence-electron chi connectivity index (χ1n) is 5.14. The van der Waals surface area contributed by atoms with Gasteiger partial charge in [0.1, 0.15) is 0 Å². The number of hydrogen-bond donors (Lipinski definition) is 2. The molecule has 1 fully saturated rings. The monoisotopic (exact) mass is 205 g/mol. The number of amidine groups is 1. The van der Waals surface area contributed by atoms with Crippen LogP contribution in [-0.2, 0) is 0 Å². The van der Waals surface area contributed by atoms with Gasteiger partial charge in [-0.3, -0.25) is 5.41 Å². The van der Waals surface area contributed by atoms with Crippen LogP contribution < -0.4 is 10.6 Å². The van der Waals surface area contributed by atoms with Crippen molar-refractivity contribution in [3.63, 3.8) is 0 Å². The predicted octanol–water partition coefficient (Wildman–Crippen LogP) is 0.771. The zero-order valence-electron chi connectivity index (χ0n) is 8.56. The number of aromatic nitrogens is 2. The Balaban J connectivity index is 2.03. The van der Waals surface area contributed by atoms with Crippen LogP contribution in [-0.4, -0.2) is 28.6 Å². The number of rotatable bonds is 5. The lowest BCUT2D eigenvalue weighted by Gasteiger charge is -2.22. The van der Waals surface area contributed by atoms with Gasteiger partial charge in [0, 0.05) is 25.2 Å². The topological polar surface area (TPSA) is 78.9 Å². The third kappa shape index (κ3) is 2.65. The van der Waals surface area contributed by atoms with Crippen molar-refractivity contribution in [1.82, 2.24) is 10.2 Å². The molecule has 1 saturated carbocycles. The largest absolute Gasteiger partial charge is 0.388 e. The fourth-order valence-corrected chi connectivity index (χ4v) is 1.56. The minimum absolute atomic E-state index is 0.226. The van der Waals surface area contributed by atoms with Gasteiger partial charge in [-0.15, -0.1) is 5.10 Å². The van der Waals surface area contributed by atoms with Gasteiger partial charge in [-0.1, -0.05) is 0 Å². The van der Waals surface area contributed by atoms with Crippen molar-refractivity contribution in [2.45, 2.75) is 25.3 Å². The first-order valence-corrected chi connectivity index (χ1v) is 5.14. The summed E-state index contributed by atoms with van der Waals surface area (Å²) < 4.78 is 0. The number of nitrogens with two attached hydrogens (primary N) is 1. The Hall–Kier alpha value is -1.65. The number of nitrogens with one attached hydrogen (secondary N) is 1. The standard InChI is InChI=1S/C10H15N5/c11-9(12)5-7-15(8-3-4-8)10-2-1-6-13-14-10/h1-2,6,8H,3-5,7H2,(H3,11,12). The van der Waals surface area contributed by atoms with E-state index in [4.69, 9.17) is 11.1 Å². The maximum Gasteiger partial charge on any atom is 0.151 e. The number of nitrogens with zero attached hydrogens (tertiary/aromatic N) is 3. The first kappa shape index (κ1) is 9.89. The quantitative estimate of drug-likeness (QED) is 0.549. The molecule has 1 heterocycles. The Bertz CT molecular complexity index is 333. The molecule has 80 valence electrons. The van der Waals surface area contributed by atoms with Gasteiger partial charge in [-0.25, -0.2) is 0 Å². The van der Waals surface area contributed by atoms with E-state index >= 15 is 0 Å². The van der Waals surface area contributed by atoms with Crippen LogP contribution in [0, 0.1) is 5.41 Å². The minimum Gasteiger partial charge on any atom is -0.388 e. The summed E-state index contributed by atoms with van der Waals surface area (Å²) in [6, 6.07) is 4.40. The van der Waals surface area contributed by atoms with E-state index in [1.807, 2.05) is 12.1 Å². The average Bonchev–Trinajstić information content (AvgIpc) is 3.03. The van der Waals surface area contributed by atoms with Gasteiger partial charge >= 0.3 is 0 Å². The summed E-state index contributed by atoms with van der Waals surface area (Å²) in [5.74, 6) is 1.12. The molecule has 0 amide bonds. The summed E-state index contributed by atoms with van der Waals surface area (Å²) in [6.07, 6.45) is 4.66. The molecule has 2 rings (SSSR count). The summed E-state index contributed by atoms with van der Waals surface area (Å²) in [6.45, 7) is 0.763. The molecule has 0 atom stereocenters.